The molecule has 1 aromatic carbocycles. The molecule has 1 heterocycles. The molecule has 0 bridgehead atoms. The molecule has 0 aromatic heterocycles. The molecule has 5 heteroatoms. The van der Waals surface area contributed by atoms with E-state index in [4.69, 9.17) is 10.5 Å². The van der Waals surface area contributed by atoms with Crippen molar-refractivity contribution in [3.8, 4) is 0 Å². The number of para-hydroxylation sites is 1. The average molecular weight is 277 g/mol. The van der Waals surface area contributed by atoms with Gasteiger partial charge in [0.2, 0.25) is 5.91 Å². The fraction of sp³-hybridized carbons (Fsp3) is 0.533. The maximum atomic E-state index is 12.3. The molecular weight excluding hydrogens is 254 g/mol. The molecule has 1 aromatic rings. The summed E-state index contributed by atoms with van der Waals surface area (Å²) in [7, 11) is 3.98. The van der Waals surface area contributed by atoms with Crippen LogP contribution in [0.15, 0.2) is 24.3 Å². The lowest BCUT2D eigenvalue weighted by molar-refractivity contribution is -0.129. The van der Waals surface area contributed by atoms with E-state index in [1.165, 1.54) is 0 Å². The van der Waals surface area contributed by atoms with Crippen molar-refractivity contribution >= 4 is 11.6 Å². The Kier molecular flexibility index (Phi) is 4.62. The van der Waals surface area contributed by atoms with Crippen molar-refractivity contribution in [3.63, 3.8) is 0 Å². The second kappa shape index (κ2) is 6.24. The predicted octanol–water partition coefficient (Wildman–Crippen LogP) is 0.877. The summed E-state index contributed by atoms with van der Waals surface area (Å²) in [5.41, 5.74) is 7.56. The first-order valence-corrected chi connectivity index (χ1v) is 6.93. The van der Waals surface area contributed by atoms with Crippen molar-refractivity contribution in [1.82, 2.24) is 5.32 Å². The second-order valence-corrected chi connectivity index (χ2v) is 5.47. The third kappa shape index (κ3) is 3.29. The van der Waals surface area contributed by atoms with Crippen molar-refractivity contribution in [2.24, 2.45) is 5.73 Å². The van der Waals surface area contributed by atoms with E-state index in [0.717, 1.165) is 11.3 Å². The molecule has 20 heavy (non-hydrogen) atoms. The van der Waals surface area contributed by atoms with Crippen LogP contribution in [0.5, 0.6) is 0 Å². The Morgan fingerprint density at radius 2 is 2.00 bits per heavy atom. The molecule has 1 fully saturated rings. The van der Waals surface area contributed by atoms with Gasteiger partial charge in [-0.1, -0.05) is 18.2 Å². The summed E-state index contributed by atoms with van der Waals surface area (Å²) in [6.07, 6.45) is 1.16. The summed E-state index contributed by atoms with van der Waals surface area (Å²) in [6, 6.07) is 8.02. The third-order valence-electron chi connectivity index (χ3n) is 3.75. The van der Waals surface area contributed by atoms with Gasteiger partial charge in [0.25, 0.3) is 0 Å². The molecule has 5 nitrogen and oxygen atoms in total. The molecule has 1 saturated heterocycles. The fourth-order valence-corrected chi connectivity index (χ4v) is 2.41. The molecule has 0 atom stereocenters. The van der Waals surface area contributed by atoms with Crippen molar-refractivity contribution < 1.29 is 9.53 Å². The Balaban J connectivity index is 2.00. The first kappa shape index (κ1) is 14.8. The topological polar surface area (TPSA) is 67.6 Å². The summed E-state index contributed by atoms with van der Waals surface area (Å²) < 4.78 is 5.26. The van der Waals surface area contributed by atoms with Gasteiger partial charge in [-0.2, -0.15) is 0 Å². The van der Waals surface area contributed by atoms with Crippen LogP contribution in [-0.4, -0.2) is 38.8 Å². The zero-order chi connectivity index (χ0) is 14.6. The van der Waals surface area contributed by atoms with Crippen LogP contribution in [0.25, 0.3) is 0 Å². The SMILES string of the molecule is CN(C)c1ccccc1CNC(=O)C1(N)CCOCC1. The molecule has 2 rings (SSSR count). The van der Waals surface area contributed by atoms with E-state index in [-0.39, 0.29) is 5.91 Å². The van der Waals surface area contributed by atoms with Crippen LogP contribution in [-0.2, 0) is 16.1 Å². The molecule has 110 valence electrons. The Hall–Kier alpha value is -1.59. The van der Waals surface area contributed by atoms with E-state index in [1.807, 2.05) is 43.3 Å². The Bertz CT molecular complexity index is 468. The van der Waals surface area contributed by atoms with E-state index in [1.54, 1.807) is 0 Å². The van der Waals surface area contributed by atoms with Crippen molar-refractivity contribution in [1.29, 1.82) is 0 Å². The predicted molar refractivity (Wildman–Crippen MR) is 79.6 cm³/mol. The highest BCUT2D eigenvalue weighted by molar-refractivity contribution is 5.86. The summed E-state index contributed by atoms with van der Waals surface area (Å²) in [5, 5.41) is 2.96. The lowest BCUT2D eigenvalue weighted by Crippen LogP contribution is -2.56. The number of carbonyl (C=O) groups is 1. The molecule has 1 amide bonds. The van der Waals surface area contributed by atoms with Gasteiger partial charge >= 0.3 is 0 Å². The molecule has 0 radical (unpaired) electrons. The molecule has 0 aliphatic carbocycles. The van der Waals surface area contributed by atoms with Crippen LogP contribution in [0, 0.1) is 0 Å². The number of carbonyl (C=O) groups excluding carboxylic acids is 1. The number of nitrogens with zero attached hydrogens (tertiary/aromatic N) is 1. The molecule has 0 unspecified atom stereocenters. The molecular formula is C15H23N3O2. The minimum absolute atomic E-state index is 0.0886. The Morgan fingerprint density at radius 3 is 2.65 bits per heavy atom. The van der Waals surface area contributed by atoms with Crippen LogP contribution < -0.4 is 16.0 Å². The monoisotopic (exact) mass is 277 g/mol. The van der Waals surface area contributed by atoms with Crippen LogP contribution >= 0.6 is 0 Å². The number of nitrogens with one attached hydrogen (secondary N) is 1. The smallest absolute Gasteiger partial charge is 0.240 e. The normalized spacial score (nSPS) is 17.6. The van der Waals surface area contributed by atoms with Crippen LogP contribution in [0.1, 0.15) is 18.4 Å². The van der Waals surface area contributed by atoms with Gasteiger partial charge in [0.1, 0.15) is 0 Å². The minimum atomic E-state index is -0.786. The Morgan fingerprint density at radius 1 is 1.35 bits per heavy atom. The number of amides is 1. The van der Waals surface area contributed by atoms with Crippen LogP contribution in [0.4, 0.5) is 5.69 Å². The standard InChI is InChI=1S/C15H23N3O2/c1-18(2)13-6-4-3-5-12(13)11-17-14(19)15(16)7-9-20-10-8-15/h3-6H,7-11,16H2,1-2H3,(H,17,19). The minimum Gasteiger partial charge on any atom is -0.381 e. The number of hydrogen-bond acceptors (Lipinski definition) is 4. The lowest BCUT2D eigenvalue weighted by Gasteiger charge is -2.32. The van der Waals surface area contributed by atoms with Crippen molar-refractivity contribution in [2.75, 3.05) is 32.2 Å². The molecule has 3 N–H and O–H groups in total. The second-order valence-electron chi connectivity index (χ2n) is 5.47. The van der Waals surface area contributed by atoms with Crippen molar-refractivity contribution in [3.05, 3.63) is 29.8 Å². The van der Waals surface area contributed by atoms with E-state index < -0.39 is 5.54 Å². The average Bonchev–Trinajstić information content (AvgIpc) is 2.45. The molecule has 0 spiro atoms. The number of rotatable bonds is 4. The summed E-state index contributed by atoms with van der Waals surface area (Å²) >= 11 is 0. The van der Waals surface area contributed by atoms with Gasteiger partial charge in [0.05, 0.1) is 5.54 Å². The number of anilines is 1. The molecule has 0 saturated carbocycles. The van der Waals surface area contributed by atoms with E-state index in [0.29, 0.717) is 32.6 Å². The van der Waals surface area contributed by atoms with Gasteiger partial charge in [-0.15, -0.1) is 0 Å². The highest BCUT2D eigenvalue weighted by Gasteiger charge is 2.35. The first-order chi connectivity index (χ1) is 9.53. The fourth-order valence-electron chi connectivity index (χ4n) is 2.41. The van der Waals surface area contributed by atoms with Crippen LogP contribution in [0.3, 0.4) is 0 Å². The lowest BCUT2D eigenvalue weighted by atomic mass is 9.90. The number of ether oxygens (including phenoxy) is 1. The number of nitrogens with two attached hydrogens (primary N) is 1. The molecule has 1 aliphatic rings. The molecule has 1 aliphatic heterocycles. The van der Waals surface area contributed by atoms with E-state index in [2.05, 4.69) is 5.32 Å². The highest BCUT2D eigenvalue weighted by atomic mass is 16.5. The third-order valence-corrected chi connectivity index (χ3v) is 3.75. The zero-order valence-corrected chi connectivity index (χ0v) is 12.2. The summed E-state index contributed by atoms with van der Waals surface area (Å²) in [5.74, 6) is -0.0886. The zero-order valence-electron chi connectivity index (χ0n) is 12.2. The number of hydrogen-bond donors (Lipinski definition) is 2. The van der Waals surface area contributed by atoms with Crippen molar-refractivity contribution in [2.45, 2.75) is 24.9 Å². The Labute approximate surface area is 120 Å². The van der Waals surface area contributed by atoms with Gasteiger partial charge < -0.3 is 20.7 Å². The van der Waals surface area contributed by atoms with Gasteiger partial charge in [0, 0.05) is 39.5 Å². The largest absolute Gasteiger partial charge is 0.381 e. The highest BCUT2D eigenvalue weighted by Crippen LogP contribution is 2.20. The summed E-state index contributed by atoms with van der Waals surface area (Å²) in [6.45, 7) is 1.60. The van der Waals surface area contributed by atoms with Gasteiger partial charge in [-0.05, 0) is 24.5 Å². The van der Waals surface area contributed by atoms with E-state index >= 15 is 0 Å². The van der Waals surface area contributed by atoms with Gasteiger partial charge in [-0.25, -0.2) is 0 Å². The first-order valence-electron chi connectivity index (χ1n) is 6.93. The summed E-state index contributed by atoms with van der Waals surface area (Å²) in [4.78, 5) is 14.3. The maximum absolute atomic E-state index is 12.3. The van der Waals surface area contributed by atoms with Crippen LogP contribution in [0.2, 0.25) is 0 Å². The maximum Gasteiger partial charge on any atom is 0.240 e. The van der Waals surface area contributed by atoms with Gasteiger partial charge in [0.15, 0.2) is 0 Å². The number of benzene rings is 1. The quantitative estimate of drug-likeness (QED) is 0.857. The van der Waals surface area contributed by atoms with Gasteiger partial charge in [-0.3, -0.25) is 4.79 Å². The van der Waals surface area contributed by atoms with E-state index in [9.17, 15) is 4.79 Å².